The lowest BCUT2D eigenvalue weighted by Gasteiger charge is -2.14. The van der Waals surface area contributed by atoms with Crippen LogP contribution in [0.4, 0.5) is 13.2 Å². The van der Waals surface area contributed by atoms with Gasteiger partial charge in [0.15, 0.2) is 0 Å². The van der Waals surface area contributed by atoms with Crippen LogP contribution < -0.4 is 0 Å². The third kappa shape index (κ3) is 2.73. The Kier molecular flexibility index (Phi) is 3.79. The molecule has 0 atom stereocenters. The molecular formula is C9H4Br2F3N. The van der Waals surface area contributed by atoms with E-state index in [1.165, 1.54) is 12.1 Å². The van der Waals surface area contributed by atoms with Gasteiger partial charge in [-0.25, -0.2) is 0 Å². The maximum atomic E-state index is 12.7. The minimum atomic E-state index is -4.46. The van der Waals surface area contributed by atoms with Gasteiger partial charge in [-0.2, -0.15) is 18.4 Å². The van der Waals surface area contributed by atoms with E-state index in [0.29, 0.717) is 4.47 Å². The predicted molar refractivity (Wildman–Crippen MR) is 56.2 cm³/mol. The van der Waals surface area contributed by atoms with Crippen LogP contribution >= 0.6 is 31.9 Å². The van der Waals surface area contributed by atoms with E-state index >= 15 is 0 Å². The third-order valence-corrected chi connectivity index (χ3v) is 3.15. The summed E-state index contributed by atoms with van der Waals surface area (Å²) < 4.78 is 38.2. The van der Waals surface area contributed by atoms with Crippen molar-refractivity contribution >= 4 is 31.9 Å². The number of rotatable bonds is 1. The number of alkyl halides is 3. The Balaban J connectivity index is 3.47. The highest BCUT2D eigenvalue weighted by Crippen LogP contribution is 2.40. The highest BCUT2D eigenvalue weighted by atomic mass is 79.9. The van der Waals surface area contributed by atoms with E-state index in [2.05, 4.69) is 31.9 Å². The van der Waals surface area contributed by atoms with Gasteiger partial charge in [0.05, 0.1) is 18.1 Å². The average Bonchev–Trinajstić information content (AvgIpc) is 2.09. The number of nitrogens with zero attached hydrogens (tertiary/aromatic N) is 1. The molecule has 0 unspecified atom stereocenters. The summed E-state index contributed by atoms with van der Waals surface area (Å²) in [5.41, 5.74) is -0.835. The summed E-state index contributed by atoms with van der Waals surface area (Å²) >= 11 is 5.84. The van der Waals surface area contributed by atoms with Crippen molar-refractivity contribution in [2.45, 2.75) is 12.6 Å². The van der Waals surface area contributed by atoms with Crippen LogP contribution in [0.2, 0.25) is 0 Å². The lowest BCUT2D eigenvalue weighted by atomic mass is 10.0. The van der Waals surface area contributed by atoms with Crippen molar-refractivity contribution in [1.82, 2.24) is 0 Å². The standard InChI is InChI=1S/C9H4Br2F3N/c10-6-1-2-7(11)8(9(12,13)14)5(6)3-4-15/h1-2H,3H2. The van der Waals surface area contributed by atoms with Crippen LogP contribution in [-0.4, -0.2) is 0 Å². The van der Waals surface area contributed by atoms with E-state index in [1.54, 1.807) is 6.07 Å². The monoisotopic (exact) mass is 341 g/mol. The van der Waals surface area contributed by atoms with Crippen molar-refractivity contribution in [3.63, 3.8) is 0 Å². The summed E-state index contributed by atoms with van der Waals surface area (Å²) in [6.07, 6.45) is -4.75. The molecule has 0 spiro atoms. The summed E-state index contributed by atoms with van der Waals surface area (Å²) in [7, 11) is 0. The predicted octanol–water partition coefficient (Wildman–Crippen LogP) is 4.30. The minimum absolute atomic E-state index is 0.0422. The van der Waals surface area contributed by atoms with Gasteiger partial charge in [-0.1, -0.05) is 31.9 Å². The molecule has 0 fully saturated rings. The minimum Gasteiger partial charge on any atom is -0.198 e. The Morgan fingerprint density at radius 3 is 2.20 bits per heavy atom. The van der Waals surface area contributed by atoms with Crippen molar-refractivity contribution in [3.8, 4) is 6.07 Å². The van der Waals surface area contributed by atoms with Gasteiger partial charge < -0.3 is 0 Å². The zero-order chi connectivity index (χ0) is 11.6. The Hall–Kier alpha value is -0.540. The fraction of sp³-hybridized carbons (Fsp3) is 0.222. The number of benzene rings is 1. The molecule has 0 N–H and O–H groups in total. The molecule has 80 valence electrons. The second-order valence-electron chi connectivity index (χ2n) is 2.72. The molecule has 0 aliphatic carbocycles. The molecule has 0 radical (unpaired) electrons. The van der Waals surface area contributed by atoms with Crippen molar-refractivity contribution in [1.29, 1.82) is 5.26 Å². The van der Waals surface area contributed by atoms with E-state index < -0.39 is 11.7 Å². The molecule has 0 amide bonds. The summed E-state index contributed by atoms with van der Waals surface area (Å²) in [5, 5.41) is 8.47. The zero-order valence-electron chi connectivity index (χ0n) is 7.20. The van der Waals surface area contributed by atoms with Crippen molar-refractivity contribution in [2.24, 2.45) is 0 Å². The van der Waals surface area contributed by atoms with Crippen LogP contribution in [0.3, 0.4) is 0 Å². The van der Waals surface area contributed by atoms with Gasteiger partial charge in [0.1, 0.15) is 0 Å². The van der Waals surface area contributed by atoms with Gasteiger partial charge in [0.25, 0.3) is 0 Å². The lowest BCUT2D eigenvalue weighted by Crippen LogP contribution is -2.10. The van der Waals surface area contributed by atoms with Gasteiger partial charge in [-0.05, 0) is 17.7 Å². The molecule has 1 aromatic rings. The molecule has 1 nitrogen and oxygen atoms in total. The van der Waals surface area contributed by atoms with Crippen molar-refractivity contribution in [2.75, 3.05) is 0 Å². The highest BCUT2D eigenvalue weighted by Gasteiger charge is 2.36. The first-order valence-corrected chi connectivity index (χ1v) is 5.37. The molecule has 6 heteroatoms. The lowest BCUT2D eigenvalue weighted by molar-refractivity contribution is -0.138. The Bertz CT molecular complexity index is 421. The van der Waals surface area contributed by atoms with Gasteiger partial charge in [0.2, 0.25) is 0 Å². The molecule has 0 heterocycles. The highest BCUT2D eigenvalue weighted by molar-refractivity contribution is 9.11. The molecule has 0 aliphatic rings. The molecular weight excluding hydrogens is 339 g/mol. The second-order valence-corrected chi connectivity index (χ2v) is 4.42. The van der Waals surface area contributed by atoms with Crippen LogP contribution in [0.15, 0.2) is 21.1 Å². The largest absolute Gasteiger partial charge is 0.417 e. The summed E-state index contributed by atoms with van der Waals surface area (Å²) in [6, 6.07) is 4.49. The topological polar surface area (TPSA) is 23.8 Å². The first kappa shape index (κ1) is 12.5. The fourth-order valence-corrected chi connectivity index (χ4v) is 2.22. The van der Waals surface area contributed by atoms with Crippen molar-refractivity contribution in [3.05, 3.63) is 32.2 Å². The van der Waals surface area contributed by atoms with E-state index in [-0.39, 0.29) is 16.5 Å². The van der Waals surface area contributed by atoms with Gasteiger partial charge in [0, 0.05) is 8.95 Å². The van der Waals surface area contributed by atoms with Crippen LogP contribution in [0.25, 0.3) is 0 Å². The van der Waals surface area contributed by atoms with Crippen LogP contribution in [0.1, 0.15) is 11.1 Å². The summed E-state index contributed by atoms with van der Waals surface area (Å²) in [5.74, 6) is 0. The van der Waals surface area contributed by atoms with Gasteiger partial charge in [-0.3, -0.25) is 0 Å². The van der Waals surface area contributed by atoms with Gasteiger partial charge in [-0.15, -0.1) is 0 Å². The maximum Gasteiger partial charge on any atom is 0.417 e. The normalized spacial score (nSPS) is 11.2. The number of halogens is 5. The SMILES string of the molecule is N#CCc1c(Br)ccc(Br)c1C(F)(F)F. The van der Waals surface area contributed by atoms with E-state index in [4.69, 9.17) is 5.26 Å². The van der Waals surface area contributed by atoms with Crippen LogP contribution in [-0.2, 0) is 12.6 Å². The third-order valence-electron chi connectivity index (χ3n) is 1.74. The smallest absolute Gasteiger partial charge is 0.198 e. The maximum absolute atomic E-state index is 12.7. The molecule has 0 saturated carbocycles. The number of nitriles is 1. The summed E-state index contributed by atoms with van der Waals surface area (Å²) in [6.45, 7) is 0. The van der Waals surface area contributed by atoms with Gasteiger partial charge >= 0.3 is 6.18 Å². The number of hydrogen-bond acceptors (Lipinski definition) is 1. The fourth-order valence-electron chi connectivity index (χ4n) is 1.15. The number of hydrogen-bond donors (Lipinski definition) is 0. The van der Waals surface area contributed by atoms with E-state index in [0.717, 1.165) is 0 Å². The van der Waals surface area contributed by atoms with Crippen LogP contribution in [0, 0.1) is 11.3 Å². The molecule has 0 aromatic heterocycles. The molecule has 15 heavy (non-hydrogen) atoms. The molecule has 0 bridgehead atoms. The Labute approximate surface area is 101 Å². The molecule has 1 aromatic carbocycles. The quantitative estimate of drug-likeness (QED) is 0.746. The first-order chi connectivity index (χ1) is 6.88. The zero-order valence-corrected chi connectivity index (χ0v) is 10.4. The van der Waals surface area contributed by atoms with E-state index in [1.807, 2.05) is 0 Å². The molecule has 0 saturated heterocycles. The summed E-state index contributed by atoms with van der Waals surface area (Å²) in [4.78, 5) is 0. The second kappa shape index (κ2) is 4.54. The average molecular weight is 343 g/mol. The Morgan fingerprint density at radius 2 is 1.73 bits per heavy atom. The molecule has 1 rings (SSSR count). The van der Waals surface area contributed by atoms with Crippen LogP contribution in [0.5, 0.6) is 0 Å². The van der Waals surface area contributed by atoms with E-state index in [9.17, 15) is 13.2 Å². The Morgan fingerprint density at radius 1 is 1.20 bits per heavy atom. The molecule has 0 aliphatic heterocycles. The first-order valence-electron chi connectivity index (χ1n) is 3.79. The van der Waals surface area contributed by atoms with Crippen molar-refractivity contribution < 1.29 is 13.2 Å².